The van der Waals surface area contributed by atoms with E-state index in [1.165, 1.54) is 0 Å². The summed E-state index contributed by atoms with van der Waals surface area (Å²) in [5.74, 6) is 0.735. The molecule has 1 atom stereocenters. The van der Waals surface area contributed by atoms with Crippen molar-refractivity contribution in [3.8, 4) is 0 Å². The molecule has 2 nitrogen and oxygen atoms in total. The Labute approximate surface area is 105 Å². The molecule has 1 aromatic heterocycles. The molecule has 0 bridgehead atoms. The molecule has 1 unspecified atom stereocenters. The predicted molar refractivity (Wildman–Crippen MR) is 67.5 cm³/mol. The van der Waals surface area contributed by atoms with Gasteiger partial charge in [0.05, 0.1) is 10.0 Å². The lowest BCUT2D eigenvalue weighted by Crippen LogP contribution is -2.21. The van der Waals surface area contributed by atoms with Crippen molar-refractivity contribution in [3.05, 3.63) is 22.3 Å². The fraction of sp³-hybridized carbons (Fsp3) is 0.500. The second-order valence-electron chi connectivity index (χ2n) is 3.45. The van der Waals surface area contributed by atoms with Crippen molar-refractivity contribution in [2.45, 2.75) is 18.7 Å². The number of pyridine rings is 1. The van der Waals surface area contributed by atoms with Crippen LogP contribution < -0.4 is 4.90 Å². The molecule has 84 valence electrons. The SMILES string of the molecule is CC(Cl)CCN(C)c1ncc(Cl)cc1Cl. The first-order valence-electron chi connectivity index (χ1n) is 4.67. The zero-order valence-corrected chi connectivity index (χ0v) is 10.9. The van der Waals surface area contributed by atoms with Gasteiger partial charge in [0, 0.05) is 25.2 Å². The van der Waals surface area contributed by atoms with Crippen molar-refractivity contribution in [3.63, 3.8) is 0 Å². The summed E-state index contributed by atoms with van der Waals surface area (Å²) in [7, 11) is 1.93. The van der Waals surface area contributed by atoms with E-state index in [0.717, 1.165) is 18.8 Å². The van der Waals surface area contributed by atoms with Gasteiger partial charge >= 0.3 is 0 Å². The third-order valence-corrected chi connectivity index (χ3v) is 2.72. The maximum atomic E-state index is 6.02. The highest BCUT2D eigenvalue weighted by molar-refractivity contribution is 6.36. The normalized spacial score (nSPS) is 12.6. The summed E-state index contributed by atoms with van der Waals surface area (Å²) in [5.41, 5.74) is 0. The predicted octanol–water partition coefficient (Wildman–Crippen LogP) is 3.84. The molecule has 0 aromatic carbocycles. The van der Waals surface area contributed by atoms with E-state index in [9.17, 15) is 0 Å². The summed E-state index contributed by atoms with van der Waals surface area (Å²) < 4.78 is 0. The van der Waals surface area contributed by atoms with Crippen LogP contribution in [0.4, 0.5) is 5.82 Å². The summed E-state index contributed by atoms with van der Waals surface area (Å²) in [4.78, 5) is 6.14. The average molecular weight is 268 g/mol. The van der Waals surface area contributed by atoms with Crippen LogP contribution in [0.5, 0.6) is 0 Å². The van der Waals surface area contributed by atoms with Crippen LogP contribution in [0.2, 0.25) is 10.0 Å². The summed E-state index contributed by atoms with van der Waals surface area (Å²) in [6, 6.07) is 1.69. The molecule has 0 aliphatic rings. The molecular formula is C10H13Cl3N2. The molecule has 0 radical (unpaired) electrons. The van der Waals surface area contributed by atoms with Gasteiger partial charge in [-0.25, -0.2) is 4.98 Å². The maximum absolute atomic E-state index is 6.02. The Morgan fingerprint density at radius 3 is 2.67 bits per heavy atom. The van der Waals surface area contributed by atoms with Crippen LogP contribution in [-0.4, -0.2) is 24.0 Å². The molecule has 0 fully saturated rings. The van der Waals surface area contributed by atoms with Crippen molar-refractivity contribution in [1.29, 1.82) is 0 Å². The minimum atomic E-state index is 0.151. The lowest BCUT2D eigenvalue weighted by atomic mass is 10.3. The molecule has 0 spiro atoms. The van der Waals surface area contributed by atoms with Gasteiger partial charge in [0.25, 0.3) is 0 Å². The summed E-state index contributed by atoms with van der Waals surface area (Å²) in [6.07, 6.45) is 2.47. The third kappa shape index (κ3) is 4.06. The highest BCUT2D eigenvalue weighted by Crippen LogP contribution is 2.25. The largest absolute Gasteiger partial charge is 0.358 e. The van der Waals surface area contributed by atoms with Gasteiger partial charge < -0.3 is 4.90 Å². The van der Waals surface area contributed by atoms with Crippen LogP contribution in [-0.2, 0) is 0 Å². The highest BCUT2D eigenvalue weighted by Gasteiger charge is 2.09. The van der Waals surface area contributed by atoms with Crippen molar-refractivity contribution in [1.82, 2.24) is 4.98 Å². The van der Waals surface area contributed by atoms with Crippen molar-refractivity contribution < 1.29 is 0 Å². The Morgan fingerprint density at radius 2 is 2.13 bits per heavy atom. The van der Waals surface area contributed by atoms with E-state index in [-0.39, 0.29) is 5.38 Å². The Balaban J connectivity index is 2.69. The number of nitrogens with zero attached hydrogens (tertiary/aromatic N) is 2. The molecule has 1 aromatic rings. The van der Waals surface area contributed by atoms with E-state index in [0.29, 0.717) is 10.0 Å². The number of hydrogen-bond acceptors (Lipinski definition) is 2. The fourth-order valence-corrected chi connectivity index (χ4v) is 1.79. The molecule has 0 aliphatic heterocycles. The van der Waals surface area contributed by atoms with Gasteiger partial charge in [-0.3, -0.25) is 0 Å². The molecule has 0 N–H and O–H groups in total. The number of aromatic nitrogens is 1. The minimum absolute atomic E-state index is 0.151. The zero-order valence-electron chi connectivity index (χ0n) is 8.67. The number of anilines is 1. The minimum Gasteiger partial charge on any atom is -0.358 e. The van der Waals surface area contributed by atoms with Crippen LogP contribution in [0.1, 0.15) is 13.3 Å². The number of alkyl halides is 1. The standard InChI is InChI=1S/C10H13Cl3N2/c1-7(11)3-4-15(2)10-9(13)5-8(12)6-14-10/h5-7H,3-4H2,1-2H3. The second-order valence-corrected chi connectivity index (χ2v) is 5.04. The molecule has 15 heavy (non-hydrogen) atoms. The van der Waals surface area contributed by atoms with Crippen LogP contribution in [0.15, 0.2) is 12.3 Å². The Morgan fingerprint density at radius 1 is 1.47 bits per heavy atom. The topological polar surface area (TPSA) is 16.1 Å². The van der Waals surface area contributed by atoms with Crippen molar-refractivity contribution in [2.75, 3.05) is 18.5 Å². The van der Waals surface area contributed by atoms with E-state index < -0.39 is 0 Å². The quantitative estimate of drug-likeness (QED) is 0.771. The zero-order chi connectivity index (χ0) is 11.4. The molecular weight excluding hydrogens is 254 g/mol. The van der Waals surface area contributed by atoms with E-state index >= 15 is 0 Å². The van der Waals surface area contributed by atoms with Gasteiger partial charge in [-0.2, -0.15) is 0 Å². The lowest BCUT2D eigenvalue weighted by molar-refractivity contribution is 0.766. The summed E-state index contributed by atoms with van der Waals surface area (Å²) >= 11 is 17.7. The third-order valence-electron chi connectivity index (χ3n) is 2.01. The van der Waals surface area contributed by atoms with Gasteiger partial charge in [-0.05, 0) is 19.4 Å². The van der Waals surface area contributed by atoms with Gasteiger partial charge in [0.2, 0.25) is 0 Å². The van der Waals surface area contributed by atoms with Crippen LogP contribution in [0, 0.1) is 0 Å². The van der Waals surface area contributed by atoms with Crippen molar-refractivity contribution >= 4 is 40.6 Å². The Kier molecular flexibility index (Phi) is 4.97. The van der Waals surface area contributed by atoms with Gasteiger partial charge in [0.1, 0.15) is 5.82 Å². The van der Waals surface area contributed by atoms with Crippen LogP contribution >= 0.6 is 34.8 Å². The first kappa shape index (κ1) is 12.9. The Hall–Kier alpha value is -0.180. The van der Waals surface area contributed by atoms with E-state index in [4.69, 9.17) is 34.8 Å². The van der Waals surface area contributed by atoms with E-state index in [2.05, 4.69) is 4.98 Å². The number of rotatable bonds is 4. The molecule has 0 amide bonds. The summed E-state index contributed by atoms with van der Waals surface area (Å²) in [5, 5.41) is 1.26. The maximum Gasteiger partial charge on any atom is 0.147 e. The molecule has 0 saturated carbocycles. The first-order valence-corrected chi connectivity index (χ1v) is 5.86. The Bertz CT molecular complexity index is 328. The monoisotopic (exact) mass is 266 g/mol. The smallest absolute Gasteiger partial charge is 0.147 e. The van der Waals surface area contributed by atoms with Gasteiger partial charge in [-0.15, -0.1) is 11.6 Å². The molecule has 1 heterocycles. The molecule has 0 aliphatic carbocycles. The van der Waals surface area contributed by atoms with E-state index in [1.54, 1.807) is 12.3 Å². The molecule has 5 heteroatoms. The lowest BCUT2D eigenvalue weighted by Gasteiger charge is -2.19. The first-order chi connectivity index (χ1) is 7.00. The molecule has 1 rings (SSSR count). The summed E-state index contributed by atoms with van der Waals surface area (Å²) in [6.45, 7) is 2.78. The molecule has 0 saturated heterocycles. The van der Waals surface area contributed by atoms with Gasteiger partial charge in [-0.1, -0.05) is 23.2 Å². The number of hydrogen-bond donors (Lipinski definition) is 0. The van der Waals surface area contributed by atoms with Crippen molar-refractivity contribution in [2.24, 2.45) is 0 Å². The second kappa shape index (κ2) is 5.78. The fourth-order valence-electron chi connectivity index (χ4n) is 1.17. The van der Waals surface area contributed by atoms with Crippen LogP contribution in [0.3, 0.4) is 0 Å². The van der Waals surface area contributed by atoms with Crippen LogP contribution in [0.25, 0.3) is 0 Å². The van der Waals surface area contributed by atoms with Gasteiger partial charge in [0.15, 0.2) is 0 Å². The number of halogens is 3. The highest BCUT2D eigenvalue weighted by atomic mass is 35.5. The van der Waals surface area contributed by atoms with E-state index in [1.807, 2.05) is 18.9 Å². The average Bonchev–Trinajstić information content (AvgIpc) is 2.14.